The van der Waals surface area contributed by atoms with Gasteiger partial charge in [-0.3, -0.25) is 0 Å². The quantitative estimate of drug-likeness (QED) is 0.160. The van der Waals surface area contributed by atoms with Gasteiger partial charge in [0.25, 0.3) is 10.0 Å². The number of rotatable bonds is 6. The molecule has 1 N–H and O–H groups in total. The van der Waals surface area contributed by atoms with Crippen LogP contribution in [0.1, 0.15) is 15.9 Å². The SMILES string of the molecule is O=C(Oc1ccc2ccccc2c1C=NNS(=O)(=O)c1ccc(Cl)cc1)c1ccccc1Cl. The summed E-state index contributed by atoms with van der Waals surface area (Å²) in [5.74, 6) is -0.444. The Morgan fingerprint density at radius 3 is 2.33 bits per heavy atom. The summed E-state index contributed by atoms with van der Waals surface area (Å²) in [6, 6.07) is 23.0. The summed E-state index contributed by atoms with van der Waals surface area (Å²) in [4.78, 5) is 14.9. The number of hydrazone groups is 1. The Bertz CT molecular complexity index is 1470. The summed E-state index contributed by atoms with van der Waals surface area (Å²) in [6.07, 6.45) is 1.30. The molecule has 0 aliphatic rings. The predicted octanol–water partition coefficient (Wildman–Crippen LogP) is 5.68. The minimum absolute atomic E-state index is 0.00680. The van der Waals surface area contributed by atoms with Crippen molar-refractivity contribution in [2.24, 2.45) is 5.10 Å². The molecule has 9 heteroatoms. The van der Waals surface area contributed by atoms with Crippen molar-refractivity contribution in [2.45, 2.75) is 4.90 Å². The van der Waals surface area contributed by atoms with E-state index in [1.807, 2.05) is 24.3 Å². The number of carbonyl (C=O) groups is 1. The minimum atomic E-state index is -3.92. The maximum atomic E-state index is 12.7. The van der Waals surface area contributed by atoms with Crippen LogP contribution in [-0.4, -0.2) is 20.6 Å². The molecule has 0 radical (unpaired) electrons. The third kappa shape index (κ3) is 5.17. The Labute approximate surface area is 200 Å². The highest BCUT2D eigenvalue weighted by Crippen LogP contribution is 2.28. The lowest BCUT2D eigenvalue weighted by Gasteiger charge is -2.11. The van der Waals surface area contributed by atoms with Crippen molar-refractivity contribution in [2.75, 3.05) is 0 Å². The molecular formula is C24H16Cl2N2O4S. The molecule has 0 unspecified atom stereocenters. The Kier molecular flexibility index (Phi) is 6.65. The summed E-state index contributed by atoms with van der Waals surface area (Å²) in [7, 11) is -3.92. The van der Waals surface area contributed by atoms with Crippen LogP contribution in [0.15, 0.2) is 94.9 Å². The van der Waals surface area contributed by atoms with E-state index in [-0.39, 0.29) is 21.2 Å². The summed E-state index contributed by atoms with van der Waals surface area (Å²) < 4.78 is 30.6. The molecule has 0 saturated carbocycles. The van der Waals surface area contributed by atoms with E-state index in [4.69, 9.17) is 27.9 Å². The molecule has 0 heterocycles. The first-order chi connectivity index (χ1) is 15.8. The molecule has 0 saturated heterocycles. The molecule has 4 aromatic carbocycles. The van der Waals surface area contributed by atoms with Crippen LogP contribution in [0.25, 0.3) is 10.8 Å². The Hall–Kier alpha value is -3.39. The third-order valence-electron chi connectivity index (χ3n) is 4.72. The number of halogens is 2. The monoisotopic (exact) mass is 498 g/mol. The van der Waals surface area contributed by atoms with Crippen LogP contribution in [0.3, 0.4) is 0 Å². The molecule has 0 fully saturated rings. The molecule has 0 aliphatic carbocycles. The van der Waals surface area contributed by atoms with Crippen LogP contribution < -0.4 is 9.57 Å². The van der Waals surface area contributed by atoms with Gasteiger partial charge in [0.15, 0.2) is 0 Å². The Morgan fingerprint density at radius 2 is 1.58 bits per heavy atom. The van der Waals surface area contributed by atoms with Crippen molar-refractivity contribution >= 4 is 56.2 Å². The smallest absolute Gasteiger partial charge is 0.345 e. The summed E-state index contributed by atoms with van der Waals surface area (Å²) in [5.41, 5.74) is 0.631. The zero-order chi connectivity index (χ0) is 23.4. The number of fused-ring (bicyclic) bond motifs is 1. The van der Waals surface area contributed by atoms with E-state index in [0.29, 0.717) is 10.6 Å². The number of esters is 1. The summed E-state index contributed by atoms with van der Waals surface area (Å²) in [5, 5.41) is 6.16. The van der Waals surface area contributed by atoms with Gasteiger partial charge in [-0.2, -0.15) is 13.5 Å². The number of benzene rings is 4. The molecule has 4 rings (SSSR count). The zero-order valence-corrected chi connectivity index (χ0v) is 19.2. The fraction of sp³-hybridized carbons (Fsp3) is 0. The highest BCUT2D eigenvalue weighted by molar-refractivity contribution is 7.89. The maximum absolute atomic E-state index is 12.7. The molecule has 0 atom stereocenters. The summed E-state index contributed by atoms with van der Waals surface area (Å²) in [6.45, 7) is 0. The van der Waals surface area contributed by atoms with Gasteiger partial charge in [0.1, 0.15) is 5.75 Å². The zero-order valence-electron chi connectivity index (χ0n) is 16.9. The first kappa shape index (κ1) is 22.8. The molecule has 0 bridgehead atoms. The average molecular weight is 499 g/mol. The van der Waals surface area contributed by atoms with Crippen LogP contribution >= 0.6 is 23.2 Å². The van der Waals surface area contributed by atoms with Crippen LogP contribution in [0.5, 0.6) is 5.75 Å². The lowest BCUT2D eigenvalue weighted by Crippen LogP contribution is -2.18. The average Bonchev–Trinajstić information content (AvgIpc) is 2.80. The van der Waals surface area contributed by atoms with Gasteiger partial charge in [-0.05, 0) is 53.2 Å². The molecule has 4 aromatic rings. The molecule has 0 spiro atoms. The topological polar surface area (TPSA) is 84.8 Å². The second-order valence-corrected chi connectivity index (χ2v) is 9.38. The largest absolute Gasteiger partial charge is 0.422 e. The maximum Gasteiger partial charge on any atom is 0.345 e. The Balaban J connectivity index is 1.67. The summed E-state index contributed by atoms with van der Waals surface area (Å²) >= 11 is 11.9. The van der Waals surface area contributed by atoms with Crippen molar-refractivity contribution in [1.29, 1.82) is 0 Å². The minimum Gasteiger partial charge on any atom is -0.422 e. The highest BCUT2D eigenvalue weighted by Gasteiger charge is 2.16. The van der Waals surface area contributed by atoms with Crippen LogP contribution in [-0.2, 0) is 10.0 Å². The highest BCUT2D eigenvalue weighted by atomic mass is 35.5. The standard InChI is InChI=1S/C24H16Cl2N2O4S/c25-17-10-12-18(13-11-17)33(30,31)28-27-15-21-19-6-2-1-5-16(19)9-14-23(21)32-24(29)20-7-3-4-8-22(20)26/h1-15,28H. The fourth-order valence-corrected chi connectivity index (χ4v) is 4.24. The molecule has 0 aromatic heterocycles. The van der Waals surface area contributed by atoms with Gasteiger partial charge >= 0.3 is 5.97 Å². The lowest BCUT2D eigenvalue weighted by molar-refractivity contribution is 0.0735. The number of carbonyl (C=O) groups excluding carboxylic acids is 1. The number of nitrogens with one attached hydrogen (secondary N) is 1. The molecule has 33 heavy (non-hydrogen) atoms. The first-order valence-corrected chi connectivity index (χ1v) is 11.9. The third-order valence-corrected chi connectivity index (χ3v) is 6.54. The molecule has 166 valence electrons. The van der Waals surface area contributed by atoms with Crippen molar-refractivity contribution < 1.29 is 17.9 Å². The van der Waals surface area contributed by atoms with Gasteiger partial charge in [0, 0.05) is 10.6 Å². The van der Waals surface area contributed by atoms with Gasteiger partial charge in [-0.15, -0.1) is 0 Å². The molecule has 0 amide bonds. The van der Waals surface area contributed by atoms with E-state index in [1.165, 1.54) is 30.5 Å². The predicted molar refractivity (Wildman–Crippen MR) is 130 cm³/mol. The van der Waals surface area contributed by atoms with Crippen molar-refractivity contribution in [3.8, 4) is 5.75 Å². The van der Waals surface area contributed by atoms with E-state index in [2.05, 4.69) is 9.93 Å². The number of sulfonamides is 1. The van der Waals surface area contributed by atoms with Gasteiger partial charge in [-0.25, -0.2) is 9.63 Å². The van der Waals surface area contributed by atoms with Crippen LogP contribution in [0.4, 0.5) is 0 Å². The molecule has 0 aliphatic heterocycles. The van der Waals surface area contributed by atoms with E-state index >= 15 is 0 Å². The van der Waals surface area contributed by atoms with Gasteiger partial charge in [0.05, 0.1) is 21.7 Å². The van der Waals surface area contributed by atoms with E-state index in [0.717, 1.165) is 10.8 Å². The number of hydrogen-bond donors (Lipinski definition) is 1. The van der Waals surface area contributed by atoms with Crippen LogP contribution in [0, 0.1) is 0 Å². The van der Waals surface area contributed by atoms with Gasteiger partial charge in [-0.1, -0.05) is 65.7 Å². The van der Waals surface area contributed by atoms with Crippen molar-refractivity contribution in [3.05, 3.63) is 106 Å². The van der Waals surface area contributed by atoms with Gasteiger partial charge < -0.3 is 4.74 Å². The normalized spacial score (nSPS) is 11.6. The number of nitrogens with zero attached hydrogens (tertiary/aromatic N) is 1. The molecular weight excluding hydrogens is 483 g/mol. The van der Waals surface area contributed by atoms with E-state index in [1.54, 1.807) is 36.4 Å². The molecule has 6 nitrogen and oxygen atoms in total. The van der Waals surface area contributed by atoms with Crippen LogP contribution in [0.2, 0.25) is 10.0 Å². The second-order valence-electron chi connectivity index (χ2n) is 6.87. The number of hydrogen-bond acceptors (Lipinski definition) is 5. The van der Waals surface area contributed by atoms with E-state index in [9.17, 15) is 13.2 Å². The van der Waals surface area contributed by atoms with Crippen molar-refractivity contribution in [3.63, 3.8) is 0 Å². The second kappa shape index (κ2) is 9.62. The Morgan fingerprint density at radius 1 is 0.879 bits per heavy atom. The van der Waals surface area contributed by atoms with Crippen molar-refractivity contribution in [1.82, 2.24) is 4.83 Å². The lowest BCUT2D eigenvalue weighted by atomic mass is 10.0. The number of ether oxygens (including phenoxy) is 1. The first-order valence-electron chi connectivity index (χ1n) is 9.64. The fourth-order valence-electron chi connectivity index (χ4n) is 3.11. The van der Waals surface area contributed by atoms with E-state index < -0.39 is 16.0 Å². The van der Waals surface area contributed by atoms with Gasteiger partial charge in [0.2, 0.25) is 0 Å².